The Morgan fingerprint density at radius 1 is 1.24 bits per heavy atom. The average Bonchev–Trinajstić information content (AvgIpc) is 3.23. The van der Waals surface area contributed by atoms with Crippen molar-refractivity contribution < 1.29 is 23.4 Å². The van der Waals surface area contributed by atoms with E-state index in [-0.39, 0.29) is 23.1 Å². The first-order valence-electron chi connectivity index (χ1n) is 11.0. The molecule has 0 radical (unpaired) electrons. The summed E-state index contributed by atoms with van der Waals surface area (Å²) in [7, 11) is 0. The van der Waals surface area contributed by atoms with Crippen molar-refractivity contribution in [1.29, 1.82) is 0 Å². The lowest BCUT2D eigenvalue weighted by atomic mass is 10.1. The van der Waals surface area contributed by atoms with Crippen LogP contribution in [-0.4, -0.2) is 50.7 Å². The quantitative estimate of drug-likeness (QED) is 0.478. The summed E-state index contributed by atoms with van der Waals surface area (Å²) >= 11 is 5.90. The van der Waals surface area contributed by atoms with Crippen molar-refractivity contribution >= 4 is 28.7 Å². The molecule has 4 rings (SSSR count). The molecule has 1 aromatic carbocycles. The van der Waals surface area contributed by atoms with Crippen LogP contribution >= 0.6 is 11.6 Å². The van der Waals surface area contributed by atoms with E-state index in [4.69, 9.17) is 25.8 Å². The molecule has 0 spiro atoms. The highest BCUT2D eigenvalue weighted by Gasteiger charge is 2.31. The number of carbonyl (C=O) groups is 1. The van der Waals surface area contributed by atoms with Crippen molar-refractivity contribution in [2.75, 3.05) is 13.1 Å². The Balaban J connectivity index is 1.49. The van der Waals surface area contributed by atoms with Gasteiger partial charge in [-0.25, -0.2) is 19.2 Å². The van der Waals surface area contributed by atoms with Gasteiger partial charge >= 0.3 is 6.09 Å². The lowest BCUT2D eigenvalue weighted by molar-refractivity contribution is 0.0275. The largest absolute Gasteiger partial charge is 0.472 e. The van der Waals surface area contributed by atoms with Crippen molar-refractivity contribution in [3.05, 3.63) is 53.1 Å². The molecule has 34 heavy (non-hydrogen) atoms. The Morgan fingerprint density at radius 2 is 2.03 bits per heavy atom. The summed E-state index contributed by atoms with van der Waals surface area (Å²) in [5, 5.41) is 0.0197. The van der Waals surface area contributed by atoms with Crippen molar-refractivity contribution in [2.45, 2.75) is 51.9 Å². The zero-order valence-electron chi connectivity index (χ0n) is 19.4. The van der Waals surface area contributed by atoms with E-state index >= 15 is 0 Å². The van der Waals surface area contributed by atoms with Gasteiger partial charge in [0.1, 0.15) is 30.0 Å². The van der Waals surface area contributed by atoms with Gasteiger partial charge in [0.05, 0.1) is 17.1 Å². The van der Waals surface area contributed by atoms with Crippen molar-refractivity contribution in [2.24, 2.45) is 0 Å². The molecule has 0 N–H and O–H groups in total. The minimum Gasteiger partial charge on any atom is -0.472 e. The summed E-state index contributed by atoms with van der Waals surface area (Å²) in [6.07, 6.45) is 0.748. The number of hydrogen-bond acceptors (Lipinski definition) is 7. The highest BCUT2D eigenvalue weighted by Crippen LogP contribution is 2.30. The van der Waals surface area contributed by atoms with E-state index in [9.17, 15) is 9.18 Å². The molecule has 3 heterocycles. The van der Waals surface area contributed by atoms with Gasteiger partial charge in [0.25, 0.3) is 0 Å². The summed E-state index contributed by atoms with van der Waals surface area (Å²) in [5.74, 6) is 0.0108. The zero-order valence-corrected chi connectivity index (χ0v) is 20.2. The maximum atomic E-state index is 14.4. The summed E-state index contributed by atoms with van der Waals surface area (Å²) in [6.45, 7) is 8.13. The van der Waals surface area contributed by atoms with Gasteiger partial charge in [-0.05, 0) is 39.8 Å². The van der Waals surface area contributed by atoms with Crippen molar-refractivity contribution in [3.8, 4) is 11.8 Å². The summed E-state index contributed by atoms with van der Waals surface area (Å²) < 4.78 is 31.8. The number of ether oxygens (including phenoxy) is 3. The number of amides is 1. The van der Waals surface area contributed by atoms with E-state index < -0.39 is 17.5 Å². The minimum atomic E-state index is -0.666. The zero-order chi connectivity index (χ0) is 24.5. The van der Waals surface area contributed by atoms with Crippen LogP contribution in [0.4, 0.5) is 9.18 Å². The lowest BCUT2D eigenvalue weighted by Crippen LogP contribution is -2.36. The Bertz CT molecular complexity index is 1200. The first-order valence-corrected chi connectivity index (χ1v) is 11.4. The number of aromatic nitrogens is 3. The van der Waals surface area contributed by atoms with E-state index in [2.05, 4.69) is 15.0 Å². The highest BCUT2D eigenvalue weighted by atomic mass is 35.5. The van der Waals surface area contributed by atoms with Crippen LogP contribution in [0.1, 0.15) is 45.8 Å². The maximum Gasteiger partial charge on any atom is 0.410 e. The van der Waals surface area contributed by atoms with E-state index in [1.54, 1.807) is 36.1 Å². The van der Waals surface area contributed by atoms with E-state index in [0.29, 0.717) is 42.0 Å². The van der Waals surface area contributed by atoms with Crippen LogP contribution in [0.5, 0.6) is 11.8 Å². The molecule has 2 atom stereocenters. The van der Waals surface area contributed by atoms with E-state index in [1.165, 1.54) is 12.4 Å². The molecular formula is C24H26ClFN4O4. The smallest absolute Gasteiger partial charge is 0.410 e. The van der Waals surface area contributed by atoms with Gasteiger partial charge in [-0.15, -0.1) is 0 Å². The second kappa shape index (κ2) is 9.58. The number of hydrogen-bond donors (Lipinski definition) is 0. The lowest BCUT2D eigenvalue weighted by Gasteiger charge is -2.24. The van der Waals surface area contributed by atoms with Crippen LogP contribution in [0.3, 0.4) is 0 Å². The maximum absolute atomic E-state index is 14.4. The van der Waals surface area contributed by atoms with Gasteiger partial charge in [0, 0.05) is 24.6 Å². The topological polar surface area (TPSA) is 86.7 Å². The van der Waals surface area contributed by atoms with Crippen LogP contribution in [0.15, 0.2) is 36.7 Å². The fourth-order valence-corrected chi connectivity index (χ4v) is 3.79. The molecule has 0 bridgehead atoms. The molecule has 180 valence electrons. The minimum absolute atomic E-state index is 0.0197. The molecule has 1 amide bonds. The third-order valence-electron chi connectivity index (χ3n) is 5.21. The van der Waals surface area contributed by atoms with Gasteiger partial charge in [0.2, 0.25) is 11.8 Å². The number of fused-ring (bicyclic) bond motifs is 1. The SMILES string of the molecule is C[C@@H](Oc1ncnc2ccc(O[C@H]3CCN(C(=O)OC(C)(C)C)C3)nc12)c1cccc(Cl)c1F. The Kier molecular flexibility index (Phi) is 6.74. The molecule has 0 aliphatic carbocycles. The predicted molar refractivity (Wildman–Crippen MR) is 125 cm³/mol. The third-order valence-corrected chi connectivity index (χ3v) is 5.51. The normalized spacial score (nSPS) is 17.0. The number of benzene rings is 1. The monoisotopic (exact) mass is 488 g/mol. The number of rotatable bonds is 5. The molecule has 0 saturated carbocycles. The predicted octanol–water partition coefficient (Wildman–Crippen LogP) is 5.35. The third kappa shape index (κ3) is 5.47. The van der Waals surface area contributed by atoms with Crippen LogP contribution in [0, 0.1) is 5.82 Å². The van der Waals surface area contributed by atoms with Crippen molar-refractivity contribution in [3.63, 3.8) is 0 Å². The van der Waals surface area contributed by atoms with Gasteiger partial charge in [-0.3, -0.25) is 0 Å². The molecule has 2 aromatic heterocycles. The molecule has 1 fully saturated rings. The van der Waals surface area contributed by atoms with E-state index in [1.807, 2.05) is 20.8 Å². The van der Waals surface area contributed by atoms with Crippen LogP contribution in [0.25, 0.3) is 11.0 Å². The first-order chi connectivity index (χ1) is 16.1. The van der Waals surface area contributed by atoms with E-state index in [0.717, 1.165) is 0 Å². The van der Waals surface area contributed by atoms with Crippen LogP contribution < -0.4 is 9.47 Å². The van der Waals surface area contributed by atoms with Gasteiger partial charge in [-0.1, -0.05) is 23.7 Å². The highest BCUT2D eigenvalue weighted by molar-refractivity contribution is 6.30. The second-order valence-electron chi connectivity index (χ2n) is 9.05. The second-order valence-corrected chi connectivity index (χ2v) is 9.46. The van der Waals surface area contributed by atoms with Crippen molar-refractivity contribution in [1.82, 2.24) is 19.9 Å². The van der Waals surface area contributed by atoms with Crippen LogP contribution in [0.2, 0.25) is 5.02 Å². The summed E-state index contributed by atoms with van der Waals surface area (Å²) in [6, 6.07) is 8.19. The number of likely N-dealkylation sites (tertiary alicyclic amines) is 1. The van der Waals surface area contributed by atoms with Gasteiger partial charge in [-0.2, -0.15) is 4.98 Å². The molecule has 3 aromatic rings. The molecule has 10 heteroatoms. The average molecular weight is 489 g/mol. The summed E-state index contributed by atoms with van der Waals surface area (Å²) in [4.78, 5) is 26.9. The molecular weight excluding hydrogens is 463 g/mol. The fraction of sp³-hybridized carbons (Fsp3) is 0.417. The van der Waals surface area contributed by atoms with Gasteiger partial charge < -0.3 is 19.1 Å². The Labute approximate surface area is 202 Å². The standard InChI is InChI=1S/C24H26ClFN4O4/c1-14(16-6-5-7-17(25)20(16)26)32-22-21-18(27-13-28-22)8-9-19(29-21)33-15-10-11-30(12-15)23(31)34-24(2,3)4/h5-9,13-15H,10-12H2,1-4H3/t14-,15+/m1/s1. The fourth-order valence-electron chi connectivity index (χ4n) is 3.60. The number of halogens is 2. The number of carbonyl (C=O) groups excluding carboxylic acids is 1. The molecule has 0 unspecified atom stereocenters. The van der Waals surface area contributed by atoms with Crippen LogP contribution in [-0.2, 0) is 4.74 Å². The summed E-state index contributed by atoms with van der Waals surface area (Å²) in [5.41, 5.74) is 0.686. The molecule has 1 saturated heterocycles. The molecule has 1 aliphatic heterocycles. The molecule has 1 aliphatic rings. The van der Waals surface area contributed by atoms with Gasteiger partial charge in [0.15, 0.2) is 5.52 Å². The number of pyridine rings is 1. The Hall–Kier alpha value is -3.20. The first kappa shape index (κ1) is 23.9. The molecule has 8 nitrogen and oxygen atoms in total. The Morgan fingerprint density at radius 3 is 2.79 bits per heavy atom. The number of nitrogens with zero attached hydrogens (tertiary/aromatic N) is 4.